The molecule has 220 valence electrons. The van der Waals surface area contributed by atoms with Gasteiger partial charge >= 0.3 is 6.09 Å². The number of carbonyl (C=O) groups excluding carboxylic acids is 1. The van der Waals surface area contributed by atoms with Crippen LogP contribution >= 0.6 is 12.4 Å². The molecule has 2 aromatic carbocycles. The molecule has 1 fully saturated rings. The number of piperidine rings is 1. The van der Waals surface area contributed by atoms with Gasteiger partial charge in [-0.05, 0) is 80.9 Å². The number of fused-ring (bicyclic) bond motifs is 1. The van der Waals surface area contributed by atoms with E-state index in [-0.39, 0.29) is 18.5 Å². The number of hydrogen-bond acceptors (Lipinski definition) is 7. The highest BCUT2D eigenvalue weighted by Gasteiger charge is 2.22. The van der Waals surface area contributed by atoms with Crippen molar-refractivity contribution in [2.45, 2.75) is 71.3 Å². The van der Waals surface area contributed by atoms with E-state index in [1.165, 1.54) is 19.3 Å². The van der Waals surface area contributed by atoms with Gasteiger partial charge in [0.25, 0.3) is 0 Å². The Kier molecular flexibility index (Phi) is 12.9. The predicted molar refractivity (Wildman–Crippen MR) is 160 cm³/mol. The largest absolute Gasteiger partial charge is 0.493 e. The zero-order valence-corrected chi connectivity index (χ0v) is 24.9. The van der Waals surface area contributed by atoms with Gasteiger partial charge in [-0.25, -0.2) is 4.79 Å². The molecule has 0 aliphatic carbocycles. The number of benzene rings is 2. The van der Waals surface area contributed by atoms with Crippen LogP contribution < -0.4 is 19.5 Å². The molecule has 0 unspecified atom stereocenters. The monoisotopic (exact) mass is 573 g/mol. The molecule has 1 aromatic heterocycles. The number of likely N-dealkylation sites (tertiary alicyclic amines) is 1. The van der Waals surface area contributed by atoms with Gasteiger partial charge in [-0.2, -0.15) is 0 Å². The maximum absolute atomic E-state index is 12.2. The van der Waals surface area contributed by atoms with Crippen LogP contribution in [0.1, 0.15) is 69.5 Å². The lowest BCUT2D eigenvalue weighted by Gasteiger charge is -2.32. The summed E-state index contributed by atoms with van der Waals surface area (Å²) in [6.45, 7) is 5.83. The first-order valence-electron chi connectivity index (χ1n) is 14.4. The van der Waals surface area contributed by atoms with E-state index in [9.17, 15) is 4.79 Å². The number of aromatic nitrogens is 1. The summed E-state index contributed by atoms with van der Waals surface area (Å²) in [6.07, 6.45) is 9.73. The minimum Gasteiger partial charge on any atom is -0.493 e. The van der Waals surface area contributed by atoms with Crippen LogP contribution in [0.5, 0.6) is 17.2 Å². The summed E-state index contributed by atoms with van der Waals surface area (Å²) in [5, 5.41) is 8.19. The summed E-state index contributed by atoms with van der Waals surface area (Å²) in [6, 6.07) is 11.8. The van der Waals surface area contributed by atoms with E-state index in [1.807, 2.05) is 30.3 Å². The van der Waals surface area contributed by atoms with Gasteiger partial charge in [0.1, 0.15) is 5.75 Å². The fourth-order valence-corrected chi connectivity index (χ4v) is 5.35. The molecular formula is C31H44ClN3O5. The van der Waals surface area contributed by atoms with Crippen molar-refractivity contribution in [3.8, 4) is 17.2 Å². The molecule has 1 saturated heterocycles. The third-order valence-corrected chi connectivity index (χ3v) is 7.62. The summed E-state index contributed by atoms with van der Waals surface area (Å²) in [5.74, 6) is 2.50. The molecule has 0 saturated carbocycles. The molecule has 8 nitrogen and oxygen atoms in total. The first-order valence-corrected chi connectivity index (χ1v) is 14.4. The second-order valence-corrected chi connectivity index (χ2v) is 10.4. The molecular weight excluding hydrogens is 530 g/mol. The number of amides is 1. The zero-order valence-electron chi connectivity index (χ0n) is 24.1. The van der Waals surface area contributed by atoms with Crippen molar-refractivity contribution in [3.05, 3.63) is 47.7 Å². The van der Waals surface area contributed by atoms with Crippen molar-refractivity contribution in [2.24, 2.45) is 5.92 Å². The standard InChI is InChI=1S/C31H43N3O5.ClH/c1-4-5-6-7-8-18-32-31(35)38-25-11-9-10-24(21-25)22-34-19-16-23(17-20-34)12-14-27-26-13-15-28(36-2)30(37-3)29(26)39-33-27;/h9-11,13,15,21,23H,4-8,12,14,16-20,22H2,1-3H3,(H,32,35);1H. The smallest absolute Gasteiger partial charge is 0.412 e. The number of methoxy groups -OCH3 is 2. The lowest BCUT2D eigenvalue weighted by molar-refractivity contribution is 0.172. The number of hydrogen-bond donors (Lipinski definition) is 1. The van der Waals surface area contributed by atoms with Crippen LogP contribution in [0, 0.1) is 5.92 Å². The lowest BCUT2D eigenvalue weighted by atomic mass is 9.91. The fraction of sp³-hybridized carbons (Fsp3) is 0.548. The van der Waals surface area contributed by atoms with E-state index >= 15 is 0 Å². The van der Waals surface area contributed by atoms with Crippen molar-refractivity contribution >= 4 is 29.5 Å². The van der Waals surface area contributed by atoms with Crippen molar-refractivity contribution in [1.29, 1.82) is 0 Å². The van der Waals surface area contributed by atoms with Gasteiger partial charge in [-0.1, -0.05) is 49.9 Å². The average Bonchev–Trinajstić information content (AvgIpc) is 3.37. The van der Waals surface area contributed by atoms with Gasteiger partial charge in [0.2, 0.25) is 11.3 Å². The predicted octanol–water partition coefficient (Wildman–Crippen LogP) is 7.17. The van der Waals surface area contributed by atoms with E-state index in [0.29, 0.717) is 35.3 Å². The van der Waals surface area contributed by atoms with Crippen LogP contribution in [0.15, 0.2) is 40.9 Å². The number of carbonyl (C=O) groups is 1. The highest BCUT2D eigenvalue weighted by molar-refractivity contribution is 5.87. The van der Waals surface area contributed by atoms with E-state index in [1.54, 1.807) is 14.2 Å². The van der Waals surface area contributed by atoms with E-state index < -0.39 is 0 Å². The molecule has 4 rings (SSSR count). The number of rotatable bonds is 14. The van der Waals surface area contributed by atoms with Crippen LogP contribution in [0.25, 0.3) is 11.0 Å². The third-order valence-electron chi connectivity index (χ3n) is 7.62. The summed E-state index contributed by atoms with van der Waals surface area (Å²) in [5.41, 5.74) is 2.79. The highest BCUT2D eigenvalue weighted by atomic mass is 35.5. The summed E-state index contributed by atoms with van der Waals surface area (Å²) in [7, 11) is 3.23. The molecule has 1 N–H and O–H groups in total. The van der Waals surface area contributed by atoms with Gasteiger partial charge < -0.3 is 24.1 Å². The minimum absolute atomic E-state index is 0. The second kappa shape index (κ2) is 16.3. The molecule has 0 radical (unpaired) electrons. The second-order valence-electron chi connectivity index (χ2n) is 10.4. The minimum atomic E-state index is -0.374. The molecule has 1 aliphatic heterocycles. The number of halogens is 1. The van der Waals surface area contributed by atoms with Crippen LogP contribution in [0.3, 0.4) is 0 Å². The topological polar surface area (TPSA) is 86.1 Å². The van der Waals surface area contributed by atoms with Crippen LogP contribution in [0.2, 0.25) is 0 Å². The van der Waals surface area contributed by atoms with Gasteiger partial charge in [0.15, 0.2) is 5.75 Å². The molecule has 9 heteroatoms. The Bertz CT molecular complexity index is 1190. The normalized spacial score (nSPS) is 14.1. The number of nitrogens with one attached hydrogen (secondary N) is 1. The lowest BCUT2D eigenvalue weighted by Crippen LogP contribution is -2.33. The number of unbranched alkanes of at least 4 members (excludes halogenated alkanes) is 4. The summed E-state index contributed by atoms with van der Waals surface area (Å²) < 4.78 is 22.0. The Hall–Kier alpha value is -2.97. The van der Waals surface area contributed by atoms with Crippen LogP contribution in [-0.2, 0) is 13.0 Å². The molecule has 0 bridgehead atoms. The highest BCUT2D eigenvalue weighted by Crippen LogP contribution is 2.37. The Morgan fingerprint density at radius 3 is 2.62 bits per heavy atom. The molecule has 0 spiro atoms. The maximum atomic E-state index is 12.2. The van der Waals surface area contributed by atoms with Gasteiger partial charge in [-0.3, -0.25) is 4.90 Å². The van der Waals surface area contributed by atoms with Gasteiger partial charge in [0, 0.05) is 18.5 Å². The van der Waals surface area contributed by atoms with Crippen molar-refractivity contribution < 1.29 is 23.5 Å². The Labute approximate surface area is 244 Å². The van der Waals surface area contributed by atoms with E-state index in [4.69, 9.17) is 18.7 Å². The van der Waals surface area contributed by atoms with Crippen LogP contribution in [-0.4, -0.2) is 50.0 Å². The third kappa shape index (κ3) is 8.77. The zero-order chi connectivity index (χ0) is 27.5. The van der Waals surface area contributed by atoms with Gasteiger partial charge in [0.05, 0.1) is 19.9 Å². The first kappa shape index (κ1) is 31.6. The average molecular weight is 574 g/mol. The summed E-state index contributed by atoms with van der Waals surface area (Å²) in [4.78, 5) is 14.6. The quantitative estimate of drug-likeness (QED) is 0.205. The van der Waals surface area contributed by atoms with Crippen molar-refractivity contribution in [2.75, 3.05) is 33.9 Å². The van der Waals surface area contributed by atoms with Crippen LogP contribution in [0.4, 0.5) is 4.79 Å². The molecule has 1 amide bonds. The number of nitrogens with zero attached hydrogens (tertiary/aromatic N) is 2. The molecule has 1 aliphatic rings. The number of aryl methyl sites for hydroxylation is 1. The van der Waals surface area contributed by atoms with Gasteiger partial charge in [-0.15, -0.1) is 12.4 Å². The van der Waals surface area contributed by atoms with E-state index in [2.05, 4.69) is 28.4 Å². The van der Waals surface area contributed by atoms with Crippen molar-refractivity contribution in [1.82, 2.24) is 15.4 Å². The summed E-state index contributed by atoms with van der Waals surface area (Å²) >= 11 is 0. The molecule has 3 aromatic rings. The Morgan fingerprint density at radius 2 is 1.88 bits per heavy atom. The Balaban J connectivity index is 0.00000441. The SMILES string of the molecule is CCCCCCCNC(=O)Oc1cccc(CN2CCC(CCc3noc4c(OC)c(OC)ccc34)CC2)c1.Cl. The molecule has 0 atom stereocenters. The number of ether oxygens (including phenoxy) is 3. The van der Waals surface area contributed by atoms with Crippen molar-refractivity contribution in [3.63, 3.8) is 0 Å². The van der Waals surface area contributed by atoms with E-state index in [0.717, 1.165) is 74.8 Å². The maximum Gasteiger partial charge on any atom is 0.412 e. The molecule has 40 heavy (non-hydrogen) atoms. The first-order chi connectivity index (χ1) is 19.1. The molecule has 2 heterocycles. The fourth-order valence-electron chi connectivity index (χ4n) is 5.35. The Morgan fingerprint density at radius 1 is 1.07 bits per heavy atom.